The zero-order chi connectivity index (χ0) is 16.8. The van der Waals surface area contributed by atoms with Gasteiger partial charge in [-0.3, -0.25) is 20.6 Å². The summed E-state index contributed by atoms with van der Waals surface area (Å²) in [5.74, 6) is -0.840. The Bertz CT molecular complexity index is 458. The average molecular weight is 314 g/mol. The van der Waals surface area contributed by atoms with Gasteiger partial charge in [0.1, 0.15) is 17.5 Å². The van der Waals surface area contributed by atoms with Crippen LogP contribution in [0, 0.1) is 5.92 Å². The van der Waals surface area contributed by atoms with Gasteiger partial charge in [0.2, 0.25) is 6.41 Å². The van der Waals surface area contributed by atoms with E-state index in [9.17, 15) is 19.5 Å². The van der Waals surface area contributed by atoms with Crippen LogP contribution in [-0.4, -0.2) is 47.6 Å². The van der Waals surface area contributed by atoms with Crippen LogP contribution in [0.5, 0.6) is 0 Å². The summed E-state index contributed by atoms with van der Waals surface area (Å²) >= 11 is 0. The number of ether oxygens (including phenoxy) is 1. The van der Waals surface area contributed by atoms with Crippen molar-refractivity contribution < 1.29 is 24.2 Å². The first kappa shape index (κ1) is 17.7. The number of aliphatic carboxylic acids is 1. The summed E-state index contributed by atoms with van der Waals surface area (Å²) in [5.41, 5.74) is 4.18. The first-order chi connectivity index (χ1) is 10.2. The highest BCUT2D eigenvalue weighted by molar-refractivity contribution is 5.88. The maximum absolute atomic E-state index is 11.7. The summed E-state index contributed by atoms with van der Waals surface area (Å²) in [6.07, 6.45) is 0.477. The molecular weight excluding hydrogens is 292 g/mol. The fraction of sp³-hybridized carbons (Fsp3) is 0.692. The second-order valence-corrected chi connectivity index (χ2v) is 5.91. The maximum atomic E-state index is 11.7. The third-order valence-corrected chi connectivity index (χ3v) is 2.91. The molecule has 0 saturated carbocycles. The lowest BCUT2D eigenvalue weighted by atomic mass is 9.97. The number of aliphatic imine (C=N–C) groups is 1. The van der Waals surface area contributed by atoms with Crippen molar-refractivity contribution in [2.45, 2.75) is 45.3 Å². The van der Waals surface area contributed by atoms with Crippen LogP contribution in [0.4, 0.5) is 4.79 Å². The van der Waals surface area contributed by atoms with Crippen molar-refractivity contribution in [1.29, 1.82) is 0 Å². The Hall–Kier alpha value is -2.32. The van der Waals surface area contributed by atoms with E-state index in [0.717, 1.165) is 0 Å². The van der Waals surface area contributed by atoms with Crippen molar-refractivity contribution in [3.63, 3.8) is 0 Å². The van der Waals surface area contributed by atoms with Crippen LogP contribution in [0.25, 0.3) is 0 Å². The molecule has 0 spiro atoms. The number of carbonyl (C=O) groups is 3. The summed E-state index contributed by atoms with van der Waals surface area (Å²) < 4.78 is 5.06. The molecule has 9 heteroatoms. The van der Waals surface area contributed by atoms with E-state index in [1.807, 2.05) is 0 Å². The molecule has 2 unspecified atom stereocenters. The number of nitrogens with one attached hydrogen (secondary N) is 3. The minimum absolute atomic E-state index is 0.154. The number of hydrogen-bond acceptors (Lipinski definition) is 6. The fourth-order valence-electron chi connectivity index (χ4n) is 2.04. The molecule has 22 heavy (non-hydrogen) atoms. The van der Waals surface area contributed by atoms with E-state index in [2.05, 4.69) is 21.2 Å². The van der Waals surface area contributed by atoms with E-state index in [4.69, 9.17) is 4.74 Å². The van der Waals surface area contributed by atoms with Gasteiger partial charge in [-0.15, -0.1) is 0 Å². The number of carboxylic acid groups (broad SMARTS) is 1. The molecule has 0 radical (unpaired) electrons. The summed E-state index contributed by atoms with van der Waals surface area (Å²) in [6, 6.07) is -1.10. The van der Waals surface area contributed by atoms with Gasteiger partial charge in [-0.2, -0.15) is 0 Å². The Balaban J connectivity index is 2.61. The standard InChI is InChI=1S/C13H22N4O5/c1-13(2,3)22-12(21)16-9(11(19)20)6-8-4-5-14-10(8)17-15-7-18/h7-9H,4-6H2,1-3H3,(H,14,17)(H,15,18)(H,16,21)(H,19,20). The lowest BCUT2D eigenvalue weighted by Gasteiger charge is -2.23. The van der Waals surface area contributed by atoms with E-state index in [-0.39, 0.29) is 12.3 Å². The fourth-order valence-corrected chi connectivity index (χ4v) is 2.04. The number of rotatable bonds is 6. The Labute approximate surface area is 128 Å². The molecule has 0 bridgehead atoms. The zero-order valence-electron chi connectivity index (χ0n) is 12.9. The number of carboxylic acids is 1. The van der Waals surface area contributed by atoms with E-state index in [1.54, 1.807) is 20.8 Å². The number of hydrazine groups is 1. The first-order valence-electron chi connectivity index (χ1n) is 6.95. The summed E-state index contributed by atoms with van der Waals surface area (Å²) in [7, 11) is 0. The lowest BCUT2D eigenvalue weighted by molar-refractivity contribution is -0.139. The molecule has 1 heterocycles. The van der Waals surface area contributed by atoms with Gasteiger partial charge < -0.3 is 15.2 Å². The van der Waals surface area contributed by atoms with Crippen molar-refractivity contribution in [3.8, 4) is 0 Å². The molecule has 2 atom stereocenters. The number of nitrogens with zero attached hydrogens (tertiary/aromatic N) is 1. The molecular formula is C13H22N4O5. The van der Waals surface area contributed by atoms with Gasteiger partial charge in [0, 0.05) is 12.5 Å². The molecule has 0 aliphatic carbocycles. The van der Waals surface area contributed by atoms with Crippen molar-refractivity contribution in [1.82, 2.24) is 16.2 Å². The van der Waals surface area contributed by atoms with Crippen molar-refractivity contribution >= 4 is 24.3 Å². The van der Waals surface area contributed by atoms with Crippen LogP contribution < -0.4 is 16.2 Å². The van der Waals surface area contributed by atoms with Gasteiger partial charge >= 0.3 is 12.1 Å². The van der Waals surface area contributed by atoms with Crippen LogP contribution in [-0.2, 0) is 14.3 Å². The van der Waals surface area contributed by atoms with Gasteiger partial charge in [0.05, 0.1) is 0 Å². The monoisotopic (exact) mass is 314 g/mol. The van der Waals surface area contributed by atoms with Gasteiger partial charge in [0.25, 0.3) is 0 Å². The Morgan fingerprint density at radius 3 is 2.73 bits per heavy atom. The van der Waals surface area contributed by atoms with Gasteiger partial charge in [-0.25, -0.2) is 9.59 Å². The SMILES string of the molecule is CC(C)(C)OC(=O)NC(CC1CCN=C1NNC=O)C(=O)O. The summed E-state index contributed by atoms with van der Waals surface area (Å²) in [4.78, 5) is 37.4. The molecule has 4 N–H and O–H groups in total. The molecule has 1 aliphatic rings. The van der Waals surface area contributed by atoms with E-state index < -0.39 is 23.7 Å². The average Bonchev–Trinajstić information content (AvgIpc) is 2.80. The smallest absolute Gasteiger partial charge is 0.408 e. The number of amides is 2. The number of amidine groups is 1. The Morgan fingerprint density at radius 2 is 2.18 bits per heavy atom. The minimum atomic E-state index is -1.15. The Morgan fingerprint density at radius 1 is 1.50 bits per heavy atom. The molecule has 0 aromatic heterocycles. The van der Waals surface area contributed by atoms with Crippen molar-refractivity contribution in [2.75, 3.05) is 6.54 Å². The van der Waals surface area contributed by atoms with Crippen molar-refractivity contribution in [2.24, 2.45) is 10.9 Å². The number of carbonyl (C=O) groups excluding carboxylic acids is 2. The highest BCUT2D eigenvalue weighted by atomic mass is 16.6. The molecule has 9 nitrogen and oxygen atoms in total. The highest BCUT2D eigenvalue weighted by Gasteiger charge is 2.30. The Kier molecular flexibility index (Phi) is 6.14. The van der Waals surface area contributed by atoms with Crippen LogP contribution in [0.15, 0.2) is 4.99 Å². The van der Waals surface area contributed by atoms with Gasteiger partial charge in [-0.1, -0.05) is 0 Å². The van der Waals surface area contributed by atoms with E-state index in [0.29, 0.717) is 25.2 Å². The first-order valence-corrected chi connectivity index (χ1v) is 6.95. The predicted molar refractivity (Wildman–Crippen MR) is 78.2 cm³/mol. The number of hydrogen-bond donors (Lipinski definition) is 4. The van der Waals surface area contributed by atoms with Crippen molar-refractivity contribution in [3.05, 3.63) is 0 Å². The molecule has 0 aromatic carbocycles. The molecule has 124 valence electrons. The minimum Gasteiger partial charge on any atom is -0.480 e. The predicted octanol–water partition coefficient (Wildman–Crippen LogP) is 0.0234. The second-order valence-electron chi connectivity index (χ2n) is 5.91. The largest absolute Gasteiger partial charge is 0.480 e. The summed E-state index contributed by atoms with van der Waals surface area (Å²) in [6.45, 7) is 5.61. The third kappa shape index (κ3) is 5.98. The van der Waals surface area contributed by atoms with E-state index >= 15 is 0 Å². The lowest BCUT2D eigenvalue weighted by Crippen LogP contribution is -2.46. The molecule has 1 aliphatic heterocycles. The van der Waals surface area contributed by atoms with Gasteiger partial charge in [0.15, 0.2) is 0 Å². The van der Waals surface area contributed by atoms with Crippen LogP contribution in [0.2, 0.25) is 0 Å². The highest BCUT2D eigenvalue weighted by Crippen LogP contribution is 2.19. The van der Waals surface area contributed by atoms with Crippen LogP contribution >= 0.6 is 0 Å². The second kappa shape index (κ2) is 7.62. The van der Waals surface area contributed by atoms with Gasteiger partial charge in [-0.05, 0) is 33.6 Å². The molecule has 0 saturated heterocycles. The normalized spacial score (nSPS) is 18.9. The zero-order valence-corrected chi connectivity index (χ0v) is 12.9. The third-order valence-electron chi connectivity index (χ3n) is 2.91. The quantitative estimate of drug-likeness (QED) is 0.404. The molecule has 0 aromatic rings. The van der Waals surface area contributed by atoms with Crippen LogP contribution in [0.1, 0.15) is 33.6 Å². The van der Waals surface area contributed by atoms with E-state index in [1.165, 1.54) is 0 Å². The topological polar surface area (TPSA) is 129 Å². The number of alkyl carbamates (subject to hydrolysis) is 1. The molecule has 1 rings (SSSR count). The van der Waals surface area contributed by atoms with Crippen LogP contribution in [0.3, 0.4) is 0 Å². The molecule has 2 amide bonds. The maximum Gasteiger partial charge on any atom is 0.408 e. The summed E-state index contributed by atoms with van der Waals surface area (Å²) in [5, 5.41) is 11.6. The molecule has 0 fully saturated rings.